The molecule has 2 aromatic heterocycles. The number of aromatic nitrogens is 4. The molecule has 2 aliphatic heterocycles. The van der Waals surface area contributed by atoms with Crippen molar-refractivity contribution in [3.05, 3.63) is 34.4 Å². The molecule has 1 aromatic carbocycles. The first-order valence-corrected chi connectivity index (χ1v) is 12.8. The van der Waals surface area contributed by atoms with E-state index in [0.29, 0.717) is 23.9 Å². The zero-order valence-electron chi connectivity index (χ0n) is 17.9. The van der Waals surface area contributed by atoms with Crippen molar-refractivity contribution in [1.29, 1.82) is 0 Å². The summed E-state index contributed by atoms with van der Waals surface area (Å²) >= 11 is 0. The van der Waals surface area contributed by atoms with Gasteiger partial charge in [-0.15, -0.1) is 10.3 Å². The highest BCUT2D eigenvalue weighted by Crippen LogP contribution is 2.47. The molecule has 4 heterocycles. The van der Waals surface area contributed by atoms with Crippen LogP contribution in [0.3, 0.4) is 0 Å². The van der Waals surface area contributed by atoms with Gasteiger partial charge in [0, 0.05) is 35.8 Å². The second kappa shape index (κ2) is 7.45. The van der Waals surface area contributed by atoms with Crippen molar-refractivity contribution in [2.45, 2.75) is 39.3 Å². The van der Waals surface area contributed by atoms with E-state index in [4.69, 9.17) is 14.5 Å². The Labute approximate surface area is 181 Å². The number of anilines is 2. The summed E-state index contributed by atoms with van der Waals surface area (Å²) in [5.41, 5.74) is 3.10. The minimum absolute atomic E-state index is 0.0329. The SMILES string of the molecule is CCn1c(=O)n(C2CCS(C)(O)CC2)c2nc(Nc3cc4c(cc3C)OCO4)ncc21. The van der Waals surface area contributed by atoms with Crippen LogP contribution in [0.4, 0.5) is 11.6 Å². The van der Waals surface area contributed by atoms with Crippen molar-refractivity contribution in [2.24, 2.45) is 0 Å². The van der Waals surface area contributed by atoms with Gasteiger partial charge in [0.2, 0.25) is 12.7 Å². The van der Waals surface area contributed by atoms with E-state index in [1.165, 1.54) is 0 Å². The summed E-state index contributed by atoms with van der Waals surface area (Å²) in [5, 5.41) is 3.27. The van der Waals surface area contributed by atoms with Gasteiger partial charge in [-0.25, -0.2) is 9.78 Å². The molecule has 1 fully saturated rings. The predicted octanol–water partition coefficient (Wildman–Crippen LogP) is 3.64. The number of nitrogens with one attached hydrogen (secondary N) is 1. The van der Waals surface area contributed by atoms with Crippen LogP contribution in [-0.2, 0) is 6.54 Å². The van der Waals surface area contributed by atoms with Gasteiger partial charge >= 0.3 is 5.69 Å². The molecule has 10 heteroatoms. The molecule has 0 aliphatic carbocycles. The fourth-order valence-corrected chi connectivity index (χ4v) is 6.10. The lowest BCUT2D eigenvalue weighted by Crippen LogP contribution is -2.31. The summed E-state index contributed by atoms with van der Waals surface area (Å²) in [6, 6.07) is 3.83. The number of benzene rings is 1. The fourth-order valence-electron chi connectivity index (χ4n) is 4.34. The topological polar surface area (TPSA) is 103 Å². The predicted molar refractivity (Wildman–Crippen MR) is 122 cm³/mol. The molecule has 2 N–H and O–H groups in total. The highest BCUT2D eigenvalue weighted by atomic mass is 32.3. The quantitative estimate of drug-likeness (QED) is 0.632. The summed E-state index contributed by atoms with van der Waals surface area (Å²) in [7, 11) is -1.54. The number of hydrogen-bond donors (Lipinski definition) is 2. The minimum atomic E-state index is -1.54. The zero-order chi connectivity index (χ0) is 21.8. The van der Waals surface area contributed by atoms with Crippen LogP contribution in [0.15, 0.2) is 23.1 Å². The molecule has 2 aliphatic rings. The molecular weight excluding hydrogens is 418 g/mol. The van der Waals surface area contributed by atoms with Crippen LogP contribution in [-0.4, -0.2) is 48.2 Å². The Bertz CT molecular complexity index is 1210. The van der Waals surface area contributed by atoms with Crippen molar-refractivity contribution >= 4 is 33.1 Å². The normalized spacial score (nSPS) is 24.8. The summed E-state index contributed by atoms with van der Waals surface area (Å²) in [6.07, 6.45) is 5.20. The molecule has 31 heavy (non-hydrogen) atoms. The molecule has 9 nitrogen and oxygen atoms in total. The number of hydrogen-bond acceptors (Lipinski definition) is 7. The molecule has 5 rings (SSSR count). The van der Waals surface area contributed by atoms with Gasteiger partial charge in [0.05, 0.1) is 6.20 Å². The lowest BCUT2D eigenvalue weighted by atomic mass is 10.1. The second-order valence-corrected chi connectivity index (χ2v) is 11.6. The van der Waals surface area contributed by atoms with Gasteiger partial charge in [0.1, 0.15) is 5.52 Å². The third kappa shape index (κ3) is 3.53. The third-order valence-corrected chi connectivity index (χ3v) is 8.37. The molecule has 1 saturated heterocycles. The van der Waals surface area contributed by atoms with Crippen molar-refractivity contribution in [3.63, 3.8) is 0 Å². The van der Waals surface area contributed by atoms with Gasteiger partial charge in [0.25, 0.3) is 0 Å². The highest BCUT2D eigenvalue weighted by Gasteiger charge is 2.29. The lowest BCUT2D eigenvalue weighted by molar-refractivity contribution is 0.174. The van der Waals surface area contributed by atoms with E-state index in [1.54, 1.807) is 15.3 Å². The average molecular weight is 446 g/mol. The average Bonchev–Trinajstić information content (AvgIpc) is 3.29. The van der Waals surface area contributed by atoms with Crippen LogP contribution >= 0.6 is 10.3 Å². The summed E-state index contributed by atoms with van der Waals surface area (Å²) in [5.74, 6) is 3.32. The van der Waals surface area contributed by atoms with Gasteiger partial charge < -0.3 is 19.3 Å². The Hall–Kier alpha value is -2.72. The van der Waals surface area contributed by atoms with Gasteiger partial charge in [-0.05, 0) is 44.6 Å². The first kappa shape index (κ1) is 20.2. The second-order valence-electron chi connectivity index (χ2n) is 8.31. The van der Waals surface area contributed by atoms with E-state index in [2.05, 4.69) is 10.3 Å². The summed E-state index contributed by atoms with van der Waals surface area (Å²) in [4.78, 5) is 22.4. The van der Waals surface area contributed by atoms with Gasteiger partial charge in [-0.3, -0.25) is 9.13 Å². The molecular formula is C21H27N5O4S. The molecule has 0 radical (unpaired) electrons. The number of rotatable bonds is 4. The smallest absolute Gasteiger partial charge is 0.330 e. The molecule has 0 amide bonds. The minimum Gasteiger partial charge on any atom is -0.454 e. The Morgan fingerprint density at radius 3 is 2.68 bits per heavy atom. The zero-order valence-corrected chi connectivity index (χ0v) is 18.7. The van der Waals surface area contributed by atoms with Crippen LogP contribution in [0.2, 0.25) is 0 Å². The summed E-state index contributed by atoms with van der Waals surface area (Å²) in [6.45, 7) is 4.69. The van der Waals surface area contributed by atoms with E-state index >= 15 is 0 Å². The van der Waals surface area contributed by atoms with Crippen molar-refractivity contribution in [3.8, 4) is 11.5 Å². The van der Waals surface area contributed by atoms with E-state index < -0.39 is 10.3 Å². The van der Waals surface area contributed by atoms with E-state index in [-0.39, 0.29) is 18.5 Å². The van der Waals surface area contributed by atoms with E-state index in [0.717, 1.165) is 46.9 Å². The van der Waals surface area contributed by atoms with Crippen LogP contribution in [0, 0.1) is 6.92 Å². The Balaban J connectivity index is 1.54. The van der Waals surface area contributed by atoms with Crippen LogP contribution in [0.1, 0.15) is 31.4 Å². The Kier molecular flexibility index (Phi) is 4.86. The largest absolute Gasteiger partial charge is 0.454 e. The van der Waals surface area contributed by atoms with E-state index in [9.17, 15) is 9.35 Å². The van der Waals surface area contributed by atoms with Gasteiger partial charge in [-0.1, -0.05) is 0 Å². The standard InChI is InChI=1S/C21H27N5O4S/c1-4-25-16-11-22-20(23-15-10-18-17(9-13(15)2)29-12-30-18)24-19(16)26(21(25)27)14-5-7-31(3,28)8-6-14/h9-11,14,28H,4-8,12H2,1-3H3,(H,22,23,24). The number of nitrogens with zero attached hydrogens (tertiary/aromatic N) is 4. The van der Waals surface area contributed by atoms with Crippen LogP contribution < -0.4 is 20.5 Å². The molecule has 3 aromatic rings. The molecule has 0 bridgehead atoms. The molecule has 0 spiro atoms. The number of imidazole rings is 1. The maximum Gasteiger partial charge on any atom is 0.330 e. The van der Waals surface area contributed by atoms with Crippen LogP contribution in [0.25, 0.3) is 11.2 Å². The van der Waals surface area contributed by atoms with Gasteiger partial charge in [0.15, 0.2) is 17.1 Å². The van der Waals surface area contributed by atoms with Crippen molar-refractivity contribution in [2.75, 3.05) is 29.9 Å². The van der Waals surface area contributed by atoms with Crippen LogP contribution in [0.5, 0.6) is 11.5 Å². The number of ether oxygens (including phenoxy) is 2. The molecule has 166 valence electrons. The molecule has 0 saturated carbocycles. The third-order valence-electron chi connectivity index (χ3n) is 6.14. The summed E-state index contributed by atoms with van der Waals surface area (Å²) < 4.78 is 24.8. The molecule has 0 atom stereocenters. The lowest BCUT2D eigenvalue weighted by Gasteiger charge is -2.37. The van der Waals surface area contributed by atoms with Crippen molar-refractivity contribution < 1.29 is 14.0 Å². The first-order chi connectivity index (χ1) is 14.9. The Morgan fingerprint density at radius 2 is 1.97 bits per heavy atom. The first-order valence-electron chi connectivity index (χ1n) is 10.5. The maximum absolute atomic E-state index is 13.2. The Morgan fingerprint density at radius 1 is 1.26 bits per heavy atom. The highest BCUT2D eigenvalue weighted by molar-refractivity contribution is 8.28. The van der Waals surface area contributed by atoms with Crippen molar-refractivity contribution in [1.82, 2.24) is 19.1 Å². The number of fused-ring (bicyclic) bond motifs is 2. The maximum atomic E-state index is 13.2. The molecule has 0 unspecified atom stereocenters. The monoisotopic (exact) mass is 445 g/mol. The fraction of sp³-hybridized carbons (Fsp3) is 0.476. The number of aryl methyl sites for hydroxylation is 2. The van der Waals surface area contributed by atoms with E-state index in [1.807, 2.05) is 32.2 Å². The van der Waals surface area contributed by atoms with Gasteiger partial charge in [-0.2, -0.15) is 4.98 Å².